The number of carbonyl (C=O) groups is 1. The lowest BCUT2D eigenvalue weighted by atomic mass is 10.2. The molecule has 0 spiro atoms. The number of ether oxygens (including phenoxy) is 1. The minimum Gasteiger partial charge on any atom is -0.494 e. The topological polar surface area (TPSA) is 88.0 Å². The van der Waals surface area contributed by atoms with Crippen molar-refractivity contribution >= 4 is 17.3 Å². The van der Waals surface area contributed by atoms with E-state index < -0.39 is 4.92 Å². The SMILES string of the molecule is CCOc1ccc(CN2CCN(CC(=O)Nc3ccc(C)cc3[N+](=O)[O-])CC2)cc1. The predicted octanol–water partition coefficient (Wildman–Crippen LogP) is 3.06. The summed E-state index contributed by atoms with van der Waals surface area (Å²) in [6.45, 7) is 8.79. The van der Waals surface area contributed by atoms with Crippen molar-refractivity contribution in [2.24, 2.45) is 0 Å². The second-order valence-electron chi connectivity index (χ2n) is 7.46. The average molecular weight is 412 g/mol. The monoisotopic (exact) mass is 412 g/mol. The van der Waals surface area contributed by atoms with Gasteiger partial charge >= 0.3 is 0 Å². The maximum atomic E-state index is 12.4. The molecule has 0 bridgehead atoms. The van der Waals surface area contributed by atoms with Crippen LogP contribution in [0, 0.1) is 17.0 Å². The Balaban J connectivity index is 1.46. The van der Waals surface area contributed by atoms with Gasteiger partial charge in [0.1, 0.15) is 11.4 Å². The second kappa shape index (κ2) is 10.2. The van der Waals surface area contributed by atoms with Crippen LogP contribution >= 0.6 is 0 Å². The van der Waals surface area contributed by atoms with Gasteiger partial charge in [0.15, 0.2) is 0 Å². The van der Waals surface area contributed by atoms with Crippen LogP contribution in [0.2, 0.25) is 0 Å². The summed E-state index contributed by atoms with van der Waals surface area (Å²) >= 11 is 0. The van der Waals surface area contributed by atoms with Crippen molar-refractivity contribution in [2.75, 3.05) is 44.6 Å². The molecule has 0 radical (unpaired) electrons. The number of nitrogens with zero attached hydrogens (tertiary/aromatic N) is 3. The first-order valence-electron chi connectivity index (χ1n) is 10.2. The maximum absolute atomic E-state index is 12.4. The van der Waals surface area contributed by atoms with E-state index in [2.05, 4.69) is 27.2 Å². The van der Waals surface area contributed by atoms with E-state index in [4.69, 9.17) is 4.74 Å². The Morgan fingerprint density at radius 3 is 2.40 bits per heavy atom. The Kier molecular flexibility index (Phi) is 7.37. The largest absolute Gasteiger partial charge is 0.494 e. The number of carbonyl (C=O) groups excluding carboxylic acids is 1. The zero-order chi connectivity index (χ0) is 21.5. The van der Waals surface area contributed by atoms with Gasteiger partial charge in [0.2, 0.25) is 5.91 Å². The van der Waals surface area contributed by atoms with E-state index in [-0.39, 0.29) is 23.8 Å². The molecule has 1 saturated heterocycles. The molecule has 0 aromatic heterocycles. The van der Waals surface area contributed by atoms with Crippen LogP contribution in [-0.2, 0) is 11.3 Å². The highest BCUT2D eigenvalue weighted by molar-refractivity contribution is 5.94. The van der Waals surface area contributed by atoms with E-state index in [1.807, 2.05) is 19.1 Å². The highest BCUT2D eigenvalue weighted by atomic mass is 16.6. The van der Waals surface area contributed by atoms with Crippen LogP contribution in [0.15, 0.2) is 42.5 Å². The molecule has 1 fully saturated rings. The Labute approximate surface area is 176 Å². The molecule has 0 unspecified atom stereocenters. The maximum Gasteiger partial charge on any atom is 0.293 e. The molecule has 30 heavy (non-hydrogen) atoms. The smallest absolute Gasteiger partial charge is 0.293 e. The average Bonchev–Trinajstić information content (AvgIpc) is 2.72. The number of amides is 1. The summed E-state index contributed by atoms with van der Waals surface area (Å²) < 4.78 is 5.48. The lowest BCUT2D eigenvalue weighted by Crippen LogP contribution is -2.48. The third-order valence-electron chi connectivity index (χ3n) is 5.10. The number of benzene rings is 2. The Bertz CT molecular complexity index is 877. The van der Waals surface area contributed by atoms with Gasteiger partial charge in [0, 0.05) is 38.8 Å². The number of aryl methyl sites for hydroxylation is 1. The molecule has 0 aliphatic carbocycles. The summed E-state index contributed by atoms with van der Waals surface area (Å²) in [5, 5.41) is 13.9. The van der Waals surface area contributed by atoms with E-state index in [1.165, 1.54) is 11.6 Å². The molecule has 1 heterocycles. The first-order chi connectivity index (χ1) is 14.4. The number of hydrogen-bond donors (Lipinski definition) is 1. The number of hydrogen-bond acceptors (Lipinski definition) is 6. The number of nitro groups is 1. The van der Waals surface area contributed by atoms with E-state index in [0.717, 1.165) is 44.0 Å². The van der Waals surface area contributed by atoms with Crippen molar-refractivity contribution in [1.82, 2.24) is 9.80 Å². The highest BCUT2D eigenvalue weighted by Crippen LogP contribution is 2.25. The van der Waals surface area contributed by atoms with Crippen molar-refractivity contribution in [2.45, 2.75) is 20.4 Å². The summed E-state index contributed by atoms with van der Waals surface area (Å²) in [7, 11) is 0. The van der Waals surface area contributed by atoms with Crippen molar-refractivity contribution in [3.8, 4) is 5.75 Å². The molecule has 1 aliphatic heterocycles. The van der Waals surface area contributed by atoms with Gasteiger partial charge in [-0.1, -0.05) is 18.2 Å². The molecule has 2 aromatic carbocycles. The molecule has 1 aliphatic rings. The fourth-order valence-corrected chi connectivity index (χ4v) is 3.51. The molecule has 1 amide bonds. The van der Waals surface area contributed by atoms with E-state index in [1.54, 1.807) is 19.1 Å². The van der Waals surface area contributed by atoms with Crippen molar-refractivity contribution < 1.29 is 14.5 Å². The minimum absolute atomic E-state index is 0.0801. The van der Waals surface area contributed by atoms with Crippen LogP contribution in [0.5, 0.6) is 5.75 Å². The minimum atomic E-state index is -0.470. The third-order valence-corrected chi connectivity index (χ3v) is 5.10. The van der Waals surface area contributed by atoms with Gasteiger partial charge in [0.05, 0.1) is 18.1 Å². The van der Waals surface area contributed by atoms with Gasteiger partial charge in [0.25, 0.3) is 5.69 Å². The fourth-order valence-electron chi connectivity index (χ4n) is 3.51. The number of rotatable bonds is 8. The number of nitrogens with one attached hydrogen (secondary N) is 1. The number of piperazine rings is 1. The molecular formula is C22H28N4O4. The molecule has 160 valence electrons. The summed E-state index contributed by atoms with van der Waals surface area (Å²) in [6, 6.07) is 12.9. The van der Waals surface area contributed by atoms with E-state index in [9.17, 15) is 14.9 Å². The van der Waals surface area contributed by atoms with Crippen LogP contribution in [0.1, 0.15) is 18.1 Å². The zero-order valence-electron chi connectivity index (χ0n) is 17.5. The Morgan fingerprint density at radius 1 is 1.10 bits per heavy atom. The van der Waals surface area contributed by atoms with E-state index >= 15 is 0 Å². The van der Waals surface area contributed by atoms with Crippen molar-refractivity contribution in [3.05, 3.63) is 63.7 Å². The first kappa shape index (κ1) is 21.7. The molecule has 8 heteroatoms. The van der Waals surface area contributed by atoms with Gasteiger partial charge in [-0.3, -0.25) is 24.7 Å². The molecule has 1 N–H and O–H groups in total. The van der Waals surface area contributed by atoms with Gasteiger partial charge < -0.3 is 10.1 Å². The molecular weight excluding hydrogens is 384 g/mol. The quantitative estimate of drug-likeness (QED) is 0.530. The lowest BCUT2D eigenvalue weighted by Gasteiger charge is -2.34. The van der Waals surface area contributed by atoms with Crippen LogP contribution in [-0.4, -0.2) is 60.0 Å². The van der Waals surface area contributed by atoms with E-state index in [0.29, 0.717) is 6.61 Å². The standard InChI is InChI=1S/C22H28N4O4/c1-3-30-19-7-5-18(6-8-19)15-24-10-12-25(13-11-24)16-22(27)23-20-9-4-17(2)14-21(20)26(28)29/h4-9,14H,3,10-13,15-16H2,1-2H3,(H,23,27). The van der Waals surface area contributed by atoms with Gasteiger partial charge in [-0.05, 0) is 43.2 Å². The van der Waals surface area contributed by atoms with Gasteiger partial charge in [-0.2, -0.15) is 0 Å². The Morgan fingerprint density at radius 2 is 1.77 bits per heavy atom. The van der Waals surface area contributed by atoms with Crippen molar-refractivity contribution in [3.63, 3.8) is 0 Å². The van der Waals surface area contributed by atoms with Gasteiger partial charge in [-0.15, -0.1) is 0 Å². The first-order valence-corrected chi connectivity index (χ1v) is 10.2. The normalized spacial score (nSPS) is 15.0. The Hall–Kier alpha value is -2.97. The second-order valence-corrected chi connectivity index (χ2v) is 7.46. The summed E-state index contributed by atoms with van der Waals surface area (Å²) in [6.07, 6.45) is 0. The predicted molar refractivity (Wildman–Crippen MR) is 116 cm³/mol. The van der Waals surface area contributed by atoms with Crippen LogP contribution in [0.4, 0.5) is 11.4 Å². The molecule has 0 atom stereocenters. The molecule has 8 nitrogen and oxygen atoms in total. The summed E-state index contributed by atoms with van der Waals surface area (Å²) in [5.41, 5.74) is 2.17. The van der Waals surface area contributed by atoms with Crippen LogP contribution < -0.4 is 10.1 Å². The highest BCUT2D eigenvalue weighted by Gasteiger charge is 2.21. The van der Waals surface area contributed by atoms with Crippen molar-refractivity contribution in [1.29, 1.82) is 0 Å². The number of anilines is 1. The molecule has 2 aromatic rings. The molecule has 0 saturated carbocycles. The lowest BCUT2D eigenvalue weighted by molar-refractivity contribution is -0.384. The summed E-state index contributed by atoms with van der Waals surface area (Å²) in [5.74, 6) is 0.646. The van der Waals surface area contributed by atoms with Crippen LogP contribution in [0.25, 0.3) is 0 Å². The summed E-state index contributed by atoms with van der Waals surface area (Å²) in [4.78, 5) is 27.6. The van der Waals surface area contributed by atoms with Gasteiger partial charge in [-0.25, -0.2) is 0 Å². The van der Waals surface area contributed by atoms with Crippen LogP contribution in [0.3, 0.4) is 0 Å². The fraction of sp³-hybridized carbons (Fsp3) is 0.409. The zero-order valence-corrected chi connectivity index (χ0v) is 17.5. The number of nitro benzene ring substituents is 1. The third kappa shape index (κ3) is 6.01. The molecule has 3 rings (SSSR count).